The molecule has 1 fully saturated rings. The van der Waals surface area contributed by atoms with Gasteiger partial charge in [0.2, 0.25) is 5.91 Å². The van der Waals surface area contributed by atoms with Crippen LogP contribution in [0.15, 0.2) is 24.3 Å². The number of carbonyl (C=O) groups is 2. The van der Waals surface area contributed by atoms with Gasteiger partial charge in [0.1, 0.15) is 0 Å². The van der Waals surface area contributed by atoms with Crippen LogP contribution in [0.25, 0.3) is 0 Å². The molecule has 0 bridgehead atoms. The van der Waals surface area contributed by atoms with E-state index in [2.05, 4.69) is 5.48 Å². The van der Waals surface area contributed by atoms with E-state index in [-0.39, 0.29) is 17.9 Å². The summed E-state index contributed by atoms with van der Waals surface area (Å²) in [6, 6.07) is 6.32. The van der Waals surface area contributed by atoms with E-state index < -0.39 is 5.97 Å². The fraction of sp³-hybridized carbons (Fsp3) is 0.385. The van der Waals surface area contributed by atoms with E-state index in [1.165, 1.54) is 12.1 Å². The number of aromatic carboxylic acids is 1. The molecule has 1 aliphatic rings. The van der Waals surface area contributed by atoms with Gasteiger partial charge in [0.25, 0.3) is 0 Å². The summed E-state index contributed by atoms with van der Waals surface area (Å²) >= 11 is 0. The highest BCUT2D eigenvalue weighted by Crippen LogP contribution is 2.28. The van der Waals surface area contributed by atoms with Crippen molar-refractivity contribution in [3.05, 3.63) is 35.4 Å². The van der Waals surface area contributed by atoms with Crippen molar-refractivity contribution < 1.29 is 19.5 Å². The van der Waals surface area contributed by atoms with E-state index in [0.717, 1.165) is 12.8 Å². The molecule has 1 saturated carbocycles. The lowest BCUT2D eigenvalue weighted by molar-refractivity contribution is -0.133. The maximum atomic E-state index is 11.5. The molecular formula is C13H15NO4. The summed E-state index contributed by atoms with van der Waals surface area (Å²) in [5.41, 5.74) is 3.20. The number of nitrogens with one attached hydrogen (secondary N) is 1. The summed E-state index contributed by atoms with van der Waals surface area (Å²) in [6.45, 7) is 0.556. The van der Waals surface area contributed by atoms with Crippen molar-refractivity contribution in [3.63, 3.8) is 0 Å². The first kappa shape index (κ1) is 12.6. The van der Waals surface area contributed by atoms with Crippen molar-refractivity contribution in [2.75, 3.05) is 6.61 Å². The quantitative estimate of drug-likeness (QED) is 0.747. The number of hydrogen-bond donors (Lipinski definition) is 2. The molecular weight excluding hydrogens is 234 g/mol. The third kappa shape index (κ3) is 3.85. The van der Waals surface area contributed by atoms with Crippen LogP contribution < -0.4 is 5.48 Å². The maximum Gasteiger partial charge on any atom is 0.335 e. The molecule has 1 amide bonds. The molecule has 0 spiro atoms. The number of rotatable bonds is 6. The molecule has 0 radical (unpaired) electrons. The molecule has 0 atom stereocenters. The Morgan fingerprint density at radius 3 is 2.83 bits per heavy atom. The van der Waals surface area contributed by atoms with Crippen molar-refractivity contribution in [3.8, 4) is 0 Å². The van der Waals surface area contributed by atoms with E-state index in [0.29, 0.717) is 18.1 Å². The van der Waals surface area contributed by atoms with Crippen molar-refractivity contribution in [1.29, 1.82) is 0 Å². The lowest BCUT2D eigenvalue weighted by atomic mass is 10.1. The molecule has 5 nitrogen and oxygen atoms in total. The Morgan fingerprint density at radius 2 is 2.17 bits per heavy atom. The van der Waals surface area contributed by atoms with E-state index >= 15 is 0 Å². The van der Waals surface area contributed by atoms with Crippen molar-refractivity contribution in [1.82, 2.24) is 5.48 Å². The van der Waals surface area contributed by atoms with E-state index in [1.807, 2.05) is 0 Å². The minimum Gasteiger partial charge on any atom is -0.478 e. The van der Waals surface area contributed by atoms with Crippen LogP contribution in [0.1, 0.15) is 28.8 Å². The van der Waals surface area contributed by atoms with Crippen LogP contribution in [0.3, 0.4) is 0 Å². The van der Waals surface area contributed by atoms with Gasteiger partial charge in [-0.15, -0.1) is 0 Å². The smallest absolute Gasteiger partial charge is 0.335 e. The Morgan fingerprint density at radius 1 is 1.39 bits per heavy atom. The summed E-state index contributed by atoms with van der Waals surface area (Å²) in [6.07, 6.45) is 2.44. The van der Waals surface area contributed by atoms with Gasteiger partial charge in [-0.3, -0.25) is 9.63 Å². The number of carbonyl (C=O) groups excluding carboxylic acids is 1. The molecule has 0 unspecified atom stereocenters. The highest BCUT2D eigenvalue weighted by molar-refractivity contribution is 5.88. The zero-order valence-corrected chi connectivity index (χ0v) is 9.89. The lowest BCUT2D eigenvalue weighted by Crippen LogP contribution is -2.26. The van der Waals surface area contributed by atoms with Crippen molar-refractivity contribution in [2.45, 2.75) is 19.3 Å². The Balaban J connectivity index is 1.81. The number of carboxylic acids is 1. The number of amides is 1. The number of hydrogen-bond acceptors (Lipinski definition) is 3. The summed E-state index contributed by atoms with van der Waals surface area (Å²) < 4.78 is 0. The van der Waals surface area contributed by atoms with Crippen LogP contribution in [0.5, 0.6) is 0 Å². The predicted molar refractivity (Wildman–Crippen MR) is 63.9 cm³/mol. The molecule has 0 heterocycles. The van der Waals surface area contributed by atoms with E-state index in [1.54, 1.807) is 12.1 Å². The van der Waals surface area contributed by atoms with Gasteiger partial charge in [-0.2, -0.15) is 0 Å². The Labute approximate surface area is 105 Å². The summed E-state index contributed by atoms with van der Waals surface area (Å²) in [4.78, 5) is 27.3. The third-order valence-electron chi connectivity index (χ3n) is 2.74. The Hall–Kier alpha value is -1.88. The molecule has 1 aromatic carbocycles. The monoisotopic (exact) mass is 249 g/mol. The number of hydroxylamine groups is 1. The van der Waals surface area contributed by atoms with E-state index in [4.69, 9.17) is 9.94 Å². The van der Waals surface area contributed by atoms with Crippen LogP contribution in [-0.4, -0.2) is 23.6 Å². The Bertz CT molecular complexity index is 454. The van der Waals surface area contributed by atoms with Gasteiger partial charge >= 0.3 is 5.97 Å². The van der Waals surface area contributed by atoms with Crippen LogP contribution in [0.2, 0.25) is 0 Å². The molecule has 0 saturated heterocycles. The highest BCUT2D eigenvalue weighted by Gasteiger charge is 2.21. The van der Waals surface area contributed by atoms with Gasteiger partial charge in [-0.05, 0) is 36.5 Å². The maximum absolute atomic E-state index is 11.5. The predicted octanol–water partition coefficient (Wildman–Crippen LogP) is 1.39. The topological polar surface area (TPSA) is 75.6 Å². The second-order valence-electron chi connectivity index (χ2n) is 4.46. The van der Waals surface area contributed by atoms with Gasteiger partial charge in [-0.25, -0.2) is 10.3 Å². The van der Waals surface area contributed by atoms with Crippen LogP contribution in [0, 0.1) is 5.92 Å². The first-order chi connectivity index (χ1) is 8.65. The molecule has 2 rings (SSSR count). The molecule has 0 aromatic heterocycles. The summed E-state index contributed by atoms with van der Waals surface area (Å²) in [5.74, 6) is -0.680. The van der Waals surface area contributed by atoms with Gasteiger partial charge in [0, 0.05) is 0 Å². The summed E-state index contributed by atoms with van der Waals surface area (Å²) in [5, 5.41) is 8.83. The van der Waals surface area contributed by atoms with Gasteiger partial charge in [0.15, 0.2) is 0 Å². The second-order valence-corrected chi connectivity index (χ2v) is 4.46. The minimum atomic E-state index is -0.998. The second kappa shape index (κ2) is 5.64. The van der Waals surface area contributed by atoms with Crippen molar-refractivity contribution >= 4 is 11.9 Å². The van der Waals surface area contributed by atoms with Gasteiger partial charge < -0.3 is 5.11 Å². The highest BCUT2D eigenvalue weighted by atomic mass is 16.7. The SMILES string of the molecule is O=C(Cc1cccc(C(=O)O)c1)NOCC1CC1. The van der Waals surface area contributed by atoms with Crippen molar-refractivity contribution in [2.24, 2.45) is 5.92 Å². The Kier molecular flexibility index (Phi) is 3.94. The normalized spacial score (nSPS) is 14.2. The fourth-order valence-electron chi connectivity index (χ4n) is 1.56. The largest absolute Gasteiger partial charge is 0.478 e. The van der Waals surface area contributed by atoms with Crippen LogP contribution in [0.4, 0.5) is 0 Å². The average molecular weight is 249 g/mol. The summed E-state index contributed by atoms with van der Waals surface area (Å²) in [7, 11) is 0. The average Bonchev–Trinajstić information content (AvgIpc) is 3.13. The molecule has 1 aromatic rings. The zero-order chi connectivity index (χ0) is 13.0. The van der Waals surface area contributed by atoms with Crippen LogP contribution >= 0.6 is 0 Å². The molecule has 5 heteroatoms. The molecule has 1 aliphatic carbocycles. The first-order valence-electron chi connectivity index (χ1n) is 5.88. The molecule has 18 heavy (non-hydrogen) atoms. The van der Waals surface area contributed by atoms with Gasteiger partial charge in [-0.1, -0.05) is 12.1 Å². The minimum absolute atomic E-state index is 0.117. The number of carboxylic acid groups (broad SMARTS) is 1. The van der Waals surface area contributed by atoms with E-state index in [9.17, 15) is 9.59 Å². The fourth-order valence-corrected chi connectivity index (χ4v) is 1.56. The standard InChI is InChI=1S/C13H15NO4/c15-12(14-18-8-9-4-5-9)7-10-2-1-3-11(6-10)13(16)17/h1-3,6,9H,4-5,7-8H2,(H,14,15)(H,16,17). The number of benzene rings is 1. The van der Waals surface area contributed by atoms with Gasteiger partial charge in [0.05, 0.1) is 18.6 Å². The third-order valence-corrected chi connectivity index (χ3v) is 2.74. The van der Waals surface area contributed by atoms with Crippen LogP contribution in [-0.2, 0) is 16.1 Å². The molecule has 96 valence electrons. The first-order valence-corrected chi connectivity index (χ1v) is 5.88. The molecule has 0 aliphatic heterocycles. The lowest BCUT2D eigenvalue weighted by Gasteiger charge is -2.05. The zero-order valence-electron chi connectivity index (χ0n) is 9.89. The molecule has 2 N–H and O–H groups in total.